The van der Waals surface area contributed by atoms with Crippen LogP contribution in [0.1, 0.15) is 74.1 Å². The van der Waals surface area contributed by atoms with Crippen LogP contribution in [0.25, 0.3) is 16.5 Å². The van der Waals surface area contributed by atoms with Gasteiger partial charge in [0, 0.05) is 41.7 Å². The first-order valence-corrected chi connectivity index (χ1v) is 12.6. The smallest absolute Gasteiger partial charge is 0.257 e. The molecule has 0 amide bonds. The third kappa shape index (κ3) is 4.45. The van der Waals surface area contributed by atoms with Crippen LogP contribution in [-0.2, 0) is 13.0 Å². The summed E-state index contributed by atoms with van der Waals surface area (Å²) in [6, 6.07) is 4.64. The highest BCUT2D eigenvalue weighted by Gasteiger charge is 2.26. The quantitative estimate of drug-likeness (QED) is 0.500. The number of hydrogen-bond donors (Lipinski definition) is 0. The van der Waals surface area contributed by atoms with Gasteiger partial charge in [0.1, 0.15) is 11.6 Å². The van der Waals surface area contributed by atoms with Crippen molar-refractivity contribution in [2.45, 2.75) is 71.3 Å². The predicted molar refractivity (Wildman–Crippen MR) is 131 cm³/mol. The molecule has 1 saturated heterocycles. The van der Waals surface area contributed by atoms with Crippen molar-refractivity contribution < 1.29 is 8.91 Å². The van der Waals surface area contributed by atoms with Crippen LogP contribution in [0.2, 0.25) is 0 Å². The molecule has 0 radical (unpaired) electrons. The van der Waals surface area contributed by atoms with Gasteiger partial charge in [-0.25, -0.2) is 9.37 Å². The molecule has 2 aliphatic rings. The Hall–Kier alpha value is -2.80. The normalized spacial score (nSPS) is 18.6. The Kier molecular flexibility index (Phi) is 6.63. The van der Waals surface area contributed by atoms with Gasteiger partial charge in [0.15, 0.2) is 5.58 Å². The Morgan fingerprint density at radius 1 is 1.24 bits per heavy atom. The van der Waals surface area contributed by atoms with E-state index in [1.807, 2.05) is 11.5 Å². The highest BCUT2D eigenvalue weighted by atomic mass is 19.1. The van der Waals surface area contributed by atoms with Gasteiger partial charge in [0.2, 0.25) is 0 Å². The molecule has 6 nitrogen and oxygen atoms in total. The van der Waals surface area contributed by atoms with Crippen molar-refractivity contribution in [2.24, 2.45) is 0 Å². The summed E-state index contributed by atoms with van der Waals surface area (Å²) in [4.78, 5) is 20.6. The Bertz CT molecular complexity index is 1270. The number of nitrogens with zero attached hydrogens (tertiary/aromatic N) is 4. The Labute approximate surface area is 199 Å². The number of piperidine rings is 1. The lowest BCUT2D eigenvalue weighted by Crippen LogP contribution is -2.37. The molecular weight excluding hydrogens is 431 g/mol. The van der Waals surface area contributed by atoms with Gasteiger partial charge in [-0.15, -0.1) is 0 Å². The minimum Gasteiger partial charge on any atom is -0.356 e. The van der Waals surface area contributed by atoms with Crippen LogP contribution in [0.4, 0.5) is 4.39 Å². The standard InChI is InChI=1S/C27H33FN4O2/c1-3-4-6-20-7-5-13-32-26(20)29-18(2)22(27(32)33)12-16-31-14-10-19(11-15-31)25-23-9-8-21(28)17-24(23)34-30-25/h6,8-9,17,19H,3-5,7,10-16H2,1-2H3/b20-6+. The first-order chi connectivity index (χ1) is 16.5. The molecule has 7 heteroatoms. The van der Waals surface area contributed by atoms with Crippen LogP contribution < -0.4 is 5.56 Å². The molecule has 0 unspecified atom stereocenters. The number of hydrogen-bond acceptors (Lipinski definition) is 5. The van der Waals surface area contributed by atoms with E-state index in [-0.39, 0.29) is 11.4 Å². The number of aromatic nitrogens is 3. The second kappa shape index (κ2) is 9.82. The van der Waals surface area contributed by atoms with Crippen LogP contribution in [0.15, 0.2) is 33.6 Å². The van der Waals surface area contributed by atoms with Crippen molar-refractivity contribution in [1.29, 1.82) is 0 Å². The zero-order valence-corrected chi connectivity index (χ0v) is 20.1. The second-order valence-electron chi connectivity index (χ2n) is 9.65. The summed E-state index contributed by atoms with van der Waals surface area (Å²) in [6.07, 6.45) is 9.09. The highest BCUT2D eigenvalue weighted by molar-refractivity contribution is 5.79. The lowest BCUT2D eigenvalue weighted by Gasteiger charge is -2.31. The zero-order valence-electron chi connectivity index (χ0n) is 20.1. The summed E-state index contributed by atoms with van der Waals surface area (Å²) in [5.74, 6) is 0.890. The molecule has 2 aromatic heterocycles. The monoisotopic (exact) mass is 464 g/mol. The summed E-state index contributed by atoms with van der Waals surface area (Å²) < 4.78 is 20.7. The maximum Gasteiger partial charge on any atom is 0.257 e. The van der Waals surface area contributed by atoms with Gasteiger partial charge in [-0.1, -0.05) is 24.6 Å². The van der Waals surface area contributed by atoms with E-state index in [0.29, 0.717) is 11.5 Å². The van der Waals surface area contributed by atoms with Gasteiger partial charge >= 0.3 is 0 Å². The molecule has 3 aromatic rings. The van der Waals surface area contributed by atoms with Crippen LogP contribution in [0.5, 0.6) is 0 Å². The highest BCUT2D eigenvalue weighted by Crippen LogP contribution is 2.33. The van der Waals surface area contributed by atoms with E-state index in [9.17, 15) is 9.18 Å². The Balaban J connectivity index is 1.24. The topological polar surface area (TPSA) is 64.2 Å². The fourth-order valence-electron chi connectivity index (χ4n) is 5.42. The van der Waals surface area contributed by atoms with Crippen LogP contribution in [0, 0.1) is 12.7 Å². The van der Waals surface area contributed by atoms with Gasteiger partial charge in [0.25, 0.3) is 5.56 Å². The van der Waals surface area contributed by atoms with Crippen LogP contribution in [0.3, 0.4) is 0 Å². The molecule has 0 saturated carbocycles. The largest absolute Gasteiger partial charge is 0.356 e. The third-order valence-electron chi connectivity index (χ3n) is 7.38. The maximum atomic E-state index is 13.5. The second-order valence-corrected chi connectivity index (χ2v) is 9.65. The number of likely N-dealkylation sites (tertiary alicyclic amines) is 1. The summed E-state index contributed by atoms with van der Waals surface area (Å²) in [7, 11) is 0. The Morgan fingerprint density at radius 2 is 2.06 bits per heavy atom. The van der Waals surface area contributed by atoms with Crippen molar-refractivity contribution in [3.05, 3.63) is 63.2 Å². The number of unbranched alkanes of at least 4 members (excludes halogenated alkanes) is 1. The van der Waals surface area contributed by atoms with E-state index in [4.69, 9.17) is 9.51 Å². The van der Waals surface area contributed by atoms with Crippen molar-refractivity contribution in [3.8, 4) is 0 Å². The van der Waals surface area contributed by atoms with Gasteiger partial charge < -0.3 is 9.42 Å². The lowest BCUT2D eigenvalue weighted by molar-refractivity contribution is 0.211. The van der Waals surface area contributed by atoms with E-state index in [1.165, 1.54) is 17.7 Å². The number of allylic oxidation sites excluding steroid dienone is 2. The molecule has 0 atom stereocenters. The van der Waals surface area contributed by atoms with Crippen LogP contribution in [-0.4, -0.2) is 39.2 Å². The van der Waals surface area contributed by atoms with E-state index < -0.39 is 0 Å². The number of halogens is 1. The summed E-state index contributed by atoms with van der Waals surface area (Å²) in [5.41, 5.74) is 4.55. The van der Waals surface area contributed by atoms with E-state index in [0.717, 1.165) is 99.3 Å². The SMILES string of the molecule is CCC/C=C1\CCCn2c1nc(C)c(CCN1CCC(c3noc4cc(F)ccc34)CC1)c2=O. The van der Waals surface area contributed by atoms with Gasteiger partial charge in [-0.2, -0.15) is 0 Å². The maximum absolute atomic E-state index is 13.5. The molecule has 0 aliphatic carbocycles. The average Bonchev–Trinajstić information content (AvgIpc) is 3.26. The number of aryl methyl sites for hydroxylation is 1. The average molecular weight is 465 g/mol. The molecule has 180 valence electrons. The van der Waals surface area contributed by atoms with Crippen molar-refractivity contribution >= 4 is 16.5 Å². The van der Waals surface area contributed by atoms with Gasteiger partial charge in [-0.05, 0) is 76.2 Å². The summed E-state index contributed by atoms with van der Waals surface area (Å²) in [5, 5.41) is 5.16. The van der Waals surface area contributed by atoms with Crippen molar-refractivity contribution in [2.75, 3.05) is 19.6 Å². The molecule has 2 aliphatic heterocycles. The number of rotatable bonds is 6. The minimum atomic E-state index is -0.305. The molecule has 5 rings (SSSR count). The first kappa shape index (κ1) is 23.0. The number of benzene rings is 1. The molecule has 0 bridgehead atoms. The molecule has 1 aromatic carbocycles. The van der Waals surface area contributed by atoms with Gasteiger partial charge in [-0.3, -0.25) is 9.36 Å². The minimum absolute atomic E-state index is 0.140. The van der Waals surface area contributed by atoms with E-state index in [1.54, 1.807) is 6.07 Å². The molecular formula is C27H33FN4O2. The van der Waals surface area contributed by atoms with E-state index >= 15 is 0 Å². The molecule has 0 N–H and O–H groups in total. The van der Waals surface area contributed by atoms with Gasteiger partial charge in [0.05, 0.1) is 5.69 Å². The first-order valence-electron chi connectivity index (χ1n) is 12.6. The zero-order chi connectivity index (χ0) is 23.7. The fraction of sp³-hybridized carbons (Fsp3) is 0.519. The predicted octanol–water partition coefficient (Wildman–Crippen LogP) is 5.23. The molecule has 0 spiro atoms. The molecule has 4 heterocycles. The van der Waals surface area contributed by atoms with Crippen LogP contribution >= 0.6 is 0 Å². The van der Waals surface area contributed by atoms with E-state index in [2.05, 4.69) is 23.1 Å². The number of fused-ring (bicyclic) bond motifs is 2. The molecule has 1 fully saturated rings. The Morgan fingerprint density at radius 3 is 2.85 bits per heavy atom. The summed E-state index contributed by atoms with van der Waals surface area (Å²) >= 11 is 0. The third-order valence-corrected chi connectivity index (χ3v) is 7.38. The lowest BCUT2D eigenvalue weighted by atomic mass is 9.91. The van der Waals surface area contributed by atoms with Crippen molar-refractivity contribution in [3.63, 3.8) is 0 Å². The summed E-state index contributed by atoms with van der Waals surface area (Å²) in [6.45, 7) is 7.67. The molecule has 34 heavy (non-hydrogen) atoms. The fourth-order valence-corrected chi connectivity index (χ4v) is 5.42. The van der Waals surface area contributed by atoms with Crippen molar-refractivity contribution in [1.82, 2.24) is 19.6 Å².